The van der Waals surface area contributed by atoms with E-state index in [1.165, 1.54) is 16.7 Å². The minimum atomic E-state index is -0.410. The van der Waals surface area contributed by atoms with E-state index < -0.39 is 5.25 Å². The Kier molecular flexibility index (Phi) is 6.24. The molecule has 0 aliphatic rings. The third-order valence-electron chi connectivity index (χ3n) is 4.97. The Morgan fingerprint density at radius 1 is 1.16 bits per heavy atom. The molecule has 1 unspecified atom stereocenters. The Labute approximate surface area is 188 Å². The van der Waals surface area contributed by atoms with Crippen LogP contribution in [0.3, 0.4) is 0 Å². The average molecular weight is 454 g/mol. The maximum absolute atomic E-state index is 12.9. The van der Waals surface area contributed by atoms with Crippen LogP contribution in [0.15, 0.2) is 53.7 Å². The van der Waals surface area contributed by atoms with Crippen LogP contribution in [-0.4, -0.2) is 50.2 Å². The van der Waals surface area contributed by atoms with Gasteiger partial charge in [-0.25, -0.2) is 0 Å². The highest BCUT2D eigenvalue weighted by molar-refractivity contribution is 8.00. The first-order chi connectivity index (χ1) is 15.0. The van der Waals surface area contributed by atoms with Crippen molar-refractivity contribution in [1.82, 2.24) is 19.5 Å². The molecule has 9 heteroatoms. The van der Waals surface area contributed by atoms with Crippen LogP contribution < -0.4 is 5.32 Å². The minimum absolute atomic E-state index is 0.0155. The summed E-state index contributed by atoms with van der Waals surface area (Å²) in [6, 6.07) is 15.7. The molecule has 2 aromatic carbocycles. The van der Waals surface area contributed by atoms with Gasteiger partial charge >= 0.3 is 0 Å². The second kappa shape index (κ2) is 9.07. The number of thioether (sulfide) groups is 1. The van der Waals surface area contributed by atoms with E-state index in [2.05, 4.69) is 15.5 Å². The first-order valence-electron chi connectivity index (χ1n) is 10.00. The van der Waals surface area contributed by atoms with E-state index in [0.29, 0.717) is 5.16 Å². The summed E-state index contributed by atoms with van der Waals surface area (Å²) in [4.78, 5) is 27.6. The van der Waals surface area contributed by atoms with E-state index >= 15 is 0 Å². The molecule has 0 saturated heterocycles. The zero-order valence-corrected chi connectivity index (χ0v) is 19.2. The molecule has 2 heterocycles. The lowest BCUT2D eigenvalue weighted by Crippen LogP contribution is -2.39. The number of hydrogen-bond donors (Lipinski definition) is 1. The number of hydrogen-bond acceptors (Lipinski definition) is 6. The van der Waals surface area contributed by atoms with Gasteiger partial charge in [-0.1, -0.05) is 60.4 Å². The van der Waals surface area contributed by atoms with Crippen molar-refractivity contribution < 1.29 is 9.59 Å². The highest BCUT2D eigenvalue weighted by Crippen LogP contribution is 2.31. The number of benzene rings is 2. The summed E-state index contributed by atoms with van der Waals surface area (Å²) in [6.07, 6.45) is 0.822. The zero-order valence-electron chi connectivity index (χ0n) is 17.5. The summed E-state index contributed by atoms with van der Waals surface area (Å²) in [6.45, 7) is 3.85. The first-order valence-corrected chi connectivity index (χ1v) is 11.7. The number of amides is 2. The van der Waals surface area contributed by atoms with Crippen molar-refractivity contribution in [2.45, 2.75) is 30.7 Å². The fourth-order valence-electron chi connectivity index (χ4n) is 3.38. The standard InChI is InChI=1S/C22H23N5O2S2/c1-4-15-9-5-6-10-16(15)23-19(28)13-26(3)20(29)14(2)30-21-24-25-22-27(21)17-11-7-8-12-18(17)31-22/h5-12,14H,4,13H2,1-3H3,(H,23,28). The van der Waals surface area contributed by atoms with Gasteiger partial charge in [0, 0.05) is 12.7 Å². The van der Waals surface area contributed by atoms with Gasteiger partial charge in [0.05, 0.1) is 22.0 Å². The summed E-state index contributed by atoms with van der Waals surface area (Å²) in [5, 5.41) is 11.7. The Hall–Kier alpha value is -2.91. The van der Waals surface area contributed by atoms with Crippen LogP contribution in [0.4, 0.5) is 5.69 Å². The molecule has 7 nitrogen and oxygen atoms in total. The van der Waals surface area contributed by atoms with Gasteiger partial charge in [-0.05, 0) is 37.1 Å². The first kappa shape index (κ1) is 21.3. The van der Waals surface area contributed by atoms with E-state index in [1.54, 1.807) is 18.4 Å². The monoisotopic (exact) mass is 453 g/mol. The smallest absolute Gasteiger partial charge is 0.243 e. The molecule has 2 amide bonds. The van der Waals surface area contributed by atoms with Crippen molar-refractivity contribution in [3.63, 3.8) is 0 Å². The predicted molar refractivity (Wildman–Crippen MR) is 126 cm³/mol. The molecule has 0 fully saturated rings. The number of carbonyl (C=O) groups is 2. The van der Waals surface area contributed by atoms with Crippen LogP contribution in [0.5, 0.6) is 0 Å². The summed E-state index contributed by atoms with van der Waals surface area (Å²) in [5.41, 5.74) is 2.87. The van der Waals surface area contributed by atoms with Gasteiger partial charge in [0.15, 0.2) is 5.16 Å². The Morgan fingerprint density at radius 2 is 1.90 bits per heavy atom. The summed E-state index contributed by atoms with van der Waals surface area (Å²) in [5.74, 6) is -0.358. The van der Waals surface area contributed by atoms with E-state index in [4.69, 9.17) is 0 Å². The maximum atomic E-state index is 12.9. The van der Waals surface area contributed by atoms with Gasteiger partial charge < -0.3 is 10.2 Å². The largest absolute Gasteiger partial charge is 0.335 e. The van der Waals surface area contributed by atoms with Crippen LogP contribution >= 0.6 is 23.1 Å². The second-order valence-corrected chi connectivity index (χ2v) is 9.50. The van der Waals surface area contributed by atoms with Crippen LogP contribution in [0.1, 0.15) is 19.4 Å². The second-order valence-electron chi connectivity index (χ2n) is 7.18. The number of likely N-dealkylation sites (N-methyl/N-ethyl adjacent to an activating group) is 1. The van der Waals surface area contributed by atoms with E-state index in [1.807, 2.05) is 66.8 Å². The normalized spacial score (nSPS) is 12.2. The van der Waals surface area contributed by atoms with Gasteiger partial charge in [-0.15, -0.1) is 10.2 Å². The molecular weight excluding hydrogens is 430 g/mol. The molecule has 2 aromatic heterocycles. The molecule has 0 aliphatic carbocycles. The number of aryl methyl sites for hydroxylation is 1. The van der Waals surface area contributed by atoms with Gasteiger partial charge in [0.2, 0.25) is 16.8 Å². The van der Waals surface area contributed by atoms with Gasteiger partial charge in [0.25, 0.3) is 0 Å². The number of carbonyl (C=O) groups excluding carboxylic acids is 2. The topological polar surface area (TPSA) is 79.6 Å². The van der Waals surface area contributed by atoms with Crippen molar-refractivity contribution in [3.05, 3.63) is 54.1 Å². The molecule has 1 N–H and O–H groups in total. The Morgan fingerprint density at radius 3 is 2.71 bits per heavy atom. The van der Waals surface area contributed by atoms with Crippen LogP contribution in [0, 0.1) is 0 Å². The van der Waals surface area contributed by atoms with Gasteiger partial charge in [0.1, 0.15) is 0 Å². The van der Waals surface area contributed by atoms with E-state index in [9.17, 15) is 9.59 Å². The molecule has 0 saturated carbocycles. The molecule has 1 atom stereocenters. The third-order valence-corrected chi connectivity index (χ3v) is 7.01. The van der Waals surface area contributed by atoms with Crippen molar-refractivity contribution in [2.75, 3.05) is 18.9 Å². The van der Waals surface area contributed by atoms with Crippen LogP contribution in [0.25, 0.3) is 15.2 Å². The molecular formula is C22H23N5O2S2. The number of thiazole rings is 1. The van der Waals surface area contributed by atoms with Gasteiger partial charge in [-0.3, -0.25) is 14.0 Å². The summed E-state index contributed by atoms with van der Waals surface area (Å²) >= 11 is 2.91. The fourth-order valence-corrected chi connectivity index (χ4v) is 5.38. The molecule has 0 spiro atoms. The maximum Gasteiger partial charge on any atom is 0.243 e. The number of aromatic nitrogens is 3. The molecule has 160 valence electrons. The van der Waals surface area contributed by atoms with Crippen LogP contribution in [0.2, 0.25) is 0 Å². The number of rotatable bonds is 7. The van der Waals surface area contributed by atoms with Crippen molar-refractivity contribution in [1.29, 1.82) is 0 Å². The van der Waals surface area contributed by atoms with Crippen molar-refractivity contribution >= 4 is 55.8 Å². The van der Waals surface area contributed by atoms with Crippen molar-refractivity contribution in [2.24, 2.45) is 0 Å². The van der Waals surface area contributed by atoms with Gasteiger partial charge in [-0.2, -0.15) is 0 Å². The minimum Gasteiger partial charge on any atom is -0.335 e. The summed E-state index contributed by atoms with van der Waals surface area (Å²) in [7, 11) is 1.64. The molecule has 4 aromatic rings. The van der Waals surface area contributed by atoms with Crippen LogP contribution in [-0.2, 0) is 16.0 Å². The third kappa shape index (κ3) is 4.42. The number of nitrogens with one attached hydrogen (secondary N) is 1. The number of fused-ring (bicyclic) bond motifs is 3. The van der Waals surface area contributed by atoms with E-state index in [0.717, 1.165) is 32.8 Å². The molecule has 0 radical (unpaired) electrons. The lowest BCUT2D eigenvalue weighted by molar-refractivity contribution is -0.132. The molecule has 0 aliphatic heterocycles. The lowest BCUT2D eigenvalue weighted by atomic mass is 10.1. The predicted octanol–water partition coefficient (Wildman–Crippen LogP) is 4.08. The Balaban J connectivity index is 1.42. The van der Waals surface area contributed by atoms with E-state index in [-0.39, 0.29) is 18.4 Å². The van der Waals surface area contributed by atoms with Crippen molar-refractivity contribution in [3.8, 4) is 0 Å². The lowest BCUT2D eigenvalue weighted by Gasteiger charge is -2.20. The number of nitrogens with zero attached hydrogens (tertiary/aromatic N) is 4. The zero-order chi connectivity index (χ0) is 22.0. The fraction of sp³-hybridized carbons (Fsp3) is 0.273. The molecule has 4 rings (SSSR count). The Bertz CT molecular complexity index is 1250. The molecule has 31 heavy (non-hydrogen) atoms. The summed E-state index contributed by atoms with van der Waals surface area (Å²) < 4.78 is 3.09. The highest BCUT2D eigenvalue weighted by Gasteiger charge is 2.24. The average Bonchev–Trinajstić information content (AvgIpc) is 3.33. The quantitative estimate of drug-likeness (QED) is 0.427. The number of para-hydroxylation sites is 2. The SMILES string of the molecule is CCc1ccccc1NC(=O)CN(C)C(=O)C(C)Sc1nnc2sc3ccccc3n12. The molecule has 0 bridgehead atoms. The number of anilines is 1. The highest BCUT2D eigenvalue weighted by atomic mass is 32.2.